The molecule has 2 aromatic heterocycles. The second kappa shape index (κ2) is 6.97. The SMILES string of the molecule is CC(Oc1nc(-c2ccc3c(c2)NC(=O)C3(F)F)cc2ncn(C3CC3)c12)C1CNC(=O)C1. The Morgan fingerprint density at radius 2 is 2.06 bits per heavy atom. The molecule has 10 heteroatoms. The smallest absolute Gasteiger partial charge is 0.352 e. The van der Waals surface area contributed by atoms with Crippen LogP contribution in [-0.4, -0.2) is 39.0 Å². The Labute approximate surface area is 187 Å². The summed E-state index contributed by atoms with van der Waals surface area (Å²) in [7, 11) is 0. The molecule has 0 spiro atoms. The number of anilines is 1. The number of benzene rings is 1. The minimum Gasteiger partial charge on any atom is -0.473 e. The van der Waals surface area contributed by atoms with E-state index in [1.165, 1.54) is 18.2 Å². The van der Waals surface area contributed by atoms with Gasteiger partial charge in [0.15, 0.2) is 0 Å². The van der Waals surface area contributed by atoms with Crippen molar-refractivity contribution in [3.05, 3.63) is 36.2 Å². The molecule has 2 atom stereocenters. The second-order valence-corrected chi connectivity index (χ2v) is 8.94. The quantitative estimate of drug-likeness (QED) is 0.617. The molecule has 6 rings (SSSR count). The highest BCUT2D eigenvalue weighted by Crippen LogP contribution is 2.43. The van der Waals surface area contributed by atoms with Crippen LogP contribution in [0.5, 0.6) is 5.88 Å². The predicted octanol–water partition coefficient (Wildman–Crippen LogP) is 3.38. The molecule has 2 unspecified atom stereocenters. The van der Waals surface area contributed by atoms with Crippen LogP contribution < -0.4 is 15.4 Å². The fraction of sp³-hybridized carbons (Fsp3) is 0.391. The fourth-order valence-corrected chi connectivity index (χ4v) is 4.52. The van der Waals surface area contributed by atoms with Gasteiger partial charge in [-0.05, 0) is 38.0 Å². The van der Waals surface area contributed by atoms with Crippen LogP contribution in [0, 0.1) is 5.92 Å². The van der Waals surface area contributed by atoms with E-state index in [9.17, 15) is 18.4 Å². The summed E-state index contributed by atoms with van der Waals surface area (Å²) in [4.78, 5) is 32.6. The molecule has 3 aromatic rings. The van der Waals surface area contributed by atoms with E-state index in [0.717, 1.165) is 18.4 Å². The maximum absolute atomic E-state index is 14.1. The third kappa shape index (κ3) is 3.23. The van der Waals surface area contributed by atoms with E-state index in [2.05, 4.69) is 20.2 Å². The molecule has 3 aliphatic rings. The van der Waals surface area contributed by atoms with Gasteiger partial charge in [0.2, 0.25) is 11.8 Å². The Kier molecular flexibility index (Phi) is 4.24. The molecule has 170 valence electrons. The van der Waals surface area contributed by atoms with Crippen LogP contribution in [0.4, 0.5) is 14.5 Å². The number of halogens is 2. The average Bonchev–Trinajstić information content (AvgIpc) is 3.30. The van der Waals surface area contributed by atoms with Gasteiger partial charge >= 0.3 is 5.92 Å². The van der Waals surface area contributed by atoms with Crippen molar-refractivity contribution in [3.63, 3.8) is 0 Å². The standard InChI is InChI=1S/C23H21F2N5O3/c1-11(13-7-19(31)26-9-13)33-21-20-18(27-10-30(20)14-3-4-14)8-16(28-21)12-2-5-15-17(6-12)29-22(32)23(15,24)25/h2,5-6,8,10-11,13-14H,3-4,7,9H2,1H3,(H,26,31)(H,29,32). The molecule has 2 fully saturated rings. The van der Waals surface area contributed by atoms with Gasteiger partial charge in [0.05, 0.1) is 28.8 Å². The van der Waals surface area contributed by atoms with Gasteiger partial charge in [-0.3, -0.25) is 9.59 Å². The van der Waals surface area contributed by atoms with Crippen molar-refractivity contribution < 1.29 is 23.1 Å². The molecule has 2 aliphatic heterocycles. The predicted molar refractivity (Wildman–Crippen MR) is 115 cm³/mol. The first-order valence-corrected chi connectivity index (χ1v) is 11.0. The average molecular weight is 453 g/mol. The number of ether oxygens (including phenoxy) is 1. The van der Waals surface area contributed by atoms with Crippen molar-refractivity contribution in [1.82, 2.24) is 19.9 Å². The van der Waals surface area contributed by atoms with Gasteiger partial charge in [0.1, 0.15) is 11.6 Å². The minimum atomic E-state index is -3.55. The summed E-state index contributed by atoms with van der Waals surface area (Å²) in [6.45, 7) is 2.46. The highest BCUT2D eigenvalue weighted by molar-refractivity contribution is 6.04. The van der Waals surface area contributed by atoms with Crippen molar-refractivity contribution in [2.24, 2.45) is 5.92 Å². The number of fused-ring (bicyclic) bond motifs is 2. The number of hydrogen-bond acceptors (Lipinski definition) is 5. The Morgan fingerprint density at radius 3 is 2.79 bits per heavy atom. The molecule has 1 aromatic carbocycles. The van der Waals surface area contributed by atoms with E-state index in [4.69, 9.17) is 9.72 Å². The van der Waals surface area contributed by atoms with Crippen LogP contribution in [0.3, 0.4) is 0 Å². The maximum atomic E-state index is 14.1. The molecule has 0 bridgehead atoms. The monoisotopic (exact) mass is 453 g/mol. The number of nitrogens with one attached hydrogen (secondary N) is 2. The number of aromatic nitrogens is 3. The van der Waals surface area contributed by atoms with Crippen LogP contribution in [0.1, 0.15) is 37.8 Å². The summed E-state index contributed by atoms with van der Waals surface area (Å²) in [5.41, 5.74) is 2.25. The second-order valence-electron chi connectivity index (χ2n) is 8.94. The molecular weight excluding hydrogens is 432 g/mol. The number of pyridine rings is 1. The van der Waals surface area contributed by atoms with E-state index in [0.29, 0.717) is 41.7 Å². The lowest BCUT2D eigenvalue weighted by Crippen LogP contribution is -2.26. The lowest BCUT2D eigenvalue weighted by Gasteiger charge is -2.20. The number of amides is 2. The summed E-state index contributed by atoms with van der Waals surface area (Å²) in [5.74, 6) is -4.47. The van der Waals surface area contributed by atoms with Gasteiger partial charge in [-0.1, -0.05) is 6.07 Å². The molecule has 4 heterocycles. The molecule has 1 saturated heterocycles. The van der Waals surface area contributed by atoms with E-state index >= 15 is 0 Å². The van der Waals surface area contributed by atoms with Gasteiger partial charge in [0.25, 0.3) is 5.91 Å². The van der Waals surface area contributed by atoms with Crippen molar-refractivity contribution in [2.75, 3.05) is 11.9 Å². The summed E-state index contributed by atoms with van der Waals surface area (Å²) in [6.07, 6.45) is 4.01. The summed E-state index contributed by atoms with van der Waals surface area (Å²) in [6, 6.07) is 6.41. The zero-order valence-electron chi connectivity index (χ0n) is 17.8. The third-order valence-corrected chi connectivity index (χ3v) is 6.62. The van der Waals surface area contributed by atoms with Gasteiger partial charge in [0, 0.05) is 30.5 Å². The topological polar surface area (TPSA) is 98.1 Å². The Morgan fingerprint density at radius 1 is 1.24 bits per heavy atom. The van der Waals surface area contributed by atoms with Crippen LogP contribution in [0.25, 0.3) is 22.3 Å². The Balaban J connectivity index is 1.42. The van der Waals surface area contributed by atoms with Crippen LogP contribution >= 0.6 is 0 Å². The third-order valence-electron chi connectivity index (χ3n) is 6.62. The van der Waals surface area contributed by atoms with Crippen LogP contribution in [0.15, 0.2) is 30.6 Å². The largest absolute Gasteiger partial charge is 0.473 e. The molecule has 1 aliphatic carbocycles. The number of nitrogens with zero attached hydrogens (tertiary/aromatic N) is 3. The summed E-state index contributed by atoms with van der Waals surface area (Å²) in [5, 5.41) is 5.07. The maximum Gasteiger partial charge on any atom is 0.352 e. The molecule has 2 N–H and O–H groups in total. The van der Waals surface area contributed by atoms with Crippen LogP contribution in [-0.2, 0) is 15.5 Å². The molecule has 1 saturated carbocycles. The first-order chi connectivity index (χ1) is 15.8. The van der Waals surface area contributed by atoms with E-state index in [1.54, 1.807) is 12.4 Å². The molecule has 2 amide bonds. The van der Waals surface area contributed by atoms with E-state index < -0.39 is 11.8 Å². The fourth-order valence-electron chi connectivity index (χ4n) is 4.52. The lowest BCUT2D eigenvalue weighted by atomic mass is 10.0. The summed E-state index contributed by atoms with van der Waals surface area (Å²) >= 11 is 0. The van der Waals surface area contributed by atoms with Gasteiger partial charge in [-0.15, -0.1) is 0 Å². The number of carbonyl (C=O) groups excluding carboxylic acids is 2. The Bertz CT molecular complexity index is 1320. The Hall–Kier alpha value is -3.56. The van der Waals surface area contributed by atoms with Crippen molar-refractivity contribution in [1.29, 1.82) is 0 Å². The zero-order chi connectivity index (χ0) is 22.9. The first kappa shape index (κ1) is 20.1. The number of imidazole rings is 1. The van der Waals surface area contributed by atoms with Gasteiger partial charge in [-0.25, -0.2) is 9.97 Å². The van der Waals surface area contributed by atoms with Crippen molar-refractivity contribution >= 4 is 28.5 Å². The molecular formula is C23H21F2N5O3. The molecule has 0 radical (unpaired) electrons. The minimum absolute atomic E-state index is 0.00215. The van der Waals surface area contributed by atoms with Gasteiger partial charge < -0.3 is 19.9 Å². The van der Waals surface area contributed by atoms with Gasteiger partial charge in [-0.2, -0.15) is 8.78 Å². The van der Waals surface area contributed by atoms with Crippen molar-refractivity contribution in [3.8, 4) is 17.1 Å². The lowest BCUT2D eigenvalue weighted by molar-refractivity contribution is -0.139. The number of carbonyl (C=O) groups is 2. The van der Waals surface area contributed by atoms with Crippen LogP contribution in [0.2, 0.25) is 0 Å². The van der Waals surface area contributed by atoms with E-state index in [-0.39, 0.29) is 29.2 Å². The number of alkyl halides is 2. The normalized spacial score (nSPS) is 22.2. The molecule has 33 heavy (non-hydrogen) atoms. The van der Waals surface area contributed by atoms with E-state index in [1.807, 2.05) is 6.92 Å². The zero-order valence-corrected chi connectivity index (χ0v) is 17.8. The highest BCUT2D eigenvalue weighted by Gasteiger charge is 2.48. The molecule has 8 nitrogen and oxygen atoms in total. The number of hydrogen-bond donors (Lipinski definition) is 2. The summed E-state index contributed by atoms with van der Waals surface area (Å²) < 4.78 is 36.5. The van der Waals surface area contributed by atoms with Crippen molar-refractivity contribution in [2.45, 2.75) is 44.3 Å². The highest BCUT2D eigenvalue weighted by atomic mass is 19.3. The number of rotatable bonds is 5. The first-order valence-electron chi connectivity index (χ1n) is 11.0.